The molecule has 0 aromatic heterocycles. The number of hydrazone groups is 1. The third kappa shape index (κ3) is 5.51. The highest BCUT2D eigenvalue weighted by molar-refractivity contribution is 6.40. The van der Waals surface area contributed by atoms with Crippen LogP contribution in [0.5, 0.6) is 0 Å². The summed E-state index contributed by atoms with van der Waals surface area (Å²) in [6.45, 7) is 9.05. The summed E-state index contributed by atoms with van der Waals surface area (Å²) in [5.41, 5.74) is 6.25. The number of halogens is 1. The first-order valence-electron chi connectivity index (χ1n) is 10.1. The molecule has 8 nitrogen and oxygen atoms in total. The molecular formula is C20H29FN6O2. The van der Waals surface area contributed by atoms with Gasteiger partial charge in [0, 0.05) is 39.1 Å². The van der Waals surface area contributed by atoms with E-state index in [0.717, 1.165) is 45.7 Å². The van der Waals surface area contributed by atoms with Crippen molar-refractivity contribution in [3.63, 3.8) is 0 Å². The number of carbonyl (C=O) groups excluding carboxylic acids is 2. The van der Waals surface area contributed by atoms with Gasteiger partial charge in [0.05, 0.1) is 5.69 Å². The van der Waals surface area contributed by atoms with Crippen LogP contribution in [0.25, 0.3) is 0 Å². The minimum Gasteiger partial charge on any atom is -0.368 e. The molecule has 0 radical (unpaired) electrons. The minimum atomic E-state index is -0.754. The highest BCUT2D eigenvalue weighted by Crippen LogP contribution is 2.24. The molecule has 1 fully saturated rings. The van der Waals surface area contributed by atoms with Crippen molar-refractivity contribution in [2.45, 2.75) is 25.8 Å². The summed E-state index contributed by atoms with van der Waals surface area (Å²) in [6, 6.07) is 4.82. The van der Waals surface area contributed by atoms with Crippen LogP contribution < -0.4 is 16.1 Å². The Bertz CT molecular complexity index is 746. The number of nitrogens with zero attached hydrogens (tertiary/aromatic N) is 4. The van der Waals surface area contributed by atoms with Crippen molar-refractivity contribution in [3.05, 3.63) is 30.1 Å². The molecule has 0 spiro atoms. The normalized spacial score (nSPS) is 20.6. The average Bonchev–Trinajstić information content (AvgIpc) is 3.18. The van der Waals surface area contributed by atoms with Crippen molar-refractivity contribution in [1.29, 1.82) is 0 Å². The van der Waals surface area contributed by atoms with Gasteiger partial charge in [-0.25, -0.2) is 4.39 Å². The Morgan fingerprint density at radius 2 is 1.83 bits per heavy atom. The van der Waals surface area contributed by atoms with Crippen molar-refractivity contribution in [2.24, 2.45) is 10.8 Å². The summed E-state index contributed by atoms with van der Waals surface area (Å²) in [6.07, 6.45) is 0.990. The molecule has 1 unspecified atom stereocenters. The second-order valence-corrected chi connectivity index (χ2v) is 7.38. The first kappa shape index (κ1) is 21.2. The van der Waals surface area contributed by atoms with E-state index in [9.17, 15) is 14.0 Å². The zero-order valence-corrected chi connectivity index (χ0v) is 16.8. The third-order valence-corrected chi connectivity index (χ3v) is 5.44. The summed E-state index contributed by atoms with van der Waals surface area (Å²) in [7, 11) is 0. The van der Waals surface area contributed by atoms with E-state index in [2.05, 4.69) is 27.1 Å². The van der Waals surface area contributed by atoms with E-state index in [4.69, 9.17) is 5.73 Å². The number of rotatable bonds is 8. The van der Waals surface area contributed by atoms with E-state index >= 15 is 0 Å². The molecule has 1 aromatic rings. The maximum Gasteiger partial charge on any atom is 0.267 e. The lowest BCUT2D eigenvalue weighted by Gasteiger charge is -2.33. The second kappa shape index (κ2) is 9.80. The number of primary amides is 1. The summed E-state index contributed by atoms with van der Waals surface area (Å²) in [5.74, 6) is -1.26. The predicted molar refractivity (Wildman–Crippen MR) is 110 cm³/mol. The van der Waals surface area contributed by atoms with Gasteiger partial charge in [0.25, 0.3) is 5.91 Å². The summed E-state index contributed by atoms with van der Waals surface area (Å²) in [4.78, 5) is 29.1. The Balaban J connectivity index is 1.49. The zero-order valence-electron chi connectivity index (χ0n) is 16.8. The van der Waals surface area contributed by atoms with Gasteiger partial charge in [0.15, 0.2) is 0 Å². The van der Waals surface area contributed by atoms with Crippen molar-refractivity contribution >= 4 is 23.2 Å². The van der Waals surface area contributed by atoms with Gasteiger partial charge >= 0.3 is 0 Å². The second-order valence-electron chi connectivity index (χ2n) is 7.38. The molecule has 9 heteroatoms. The maximum atomic E-state index is 13.2. The number of benzene rings is 1. The van der Waals surface area contributed by atoms with Gasteiger partial charge in [-0.15, -0.1) is 0 Å². The molecular weight excluding hydrogens is 375 g/mol. The summed E-state index contributed by atoms with van der Waals surface area (Å²) < 4.78 is 13.2. The van der Waals surface area contributed by atoms with Crippen LogP contribution in [-0.4, -0.2) is 79.2 Å². The van der Waals surface area contributed by atoms with E-state index in [1.54, 1.807) is 0 Å². The van der Waals surface area contributed by atoms with Gasteiger partial charge in [-0.05, 0) is 43.8 Å². The third-order valence-electron chi connectivity index (χ3n) is 5.44. The van der Waals surface area contributed by atoms with Crippen LogP contribution in [0.4, 0.5) is 10.1 Å². The van der Waals surface area contributed by atoms with Gasteiger partial charge < -0.3 is 20.9 Å². The quantitative estimate of drug-likeness (QED) is 0.612. The monoisotopic (exact) mass is 404 g/mol. The maximum absolute atomic E-state index is 13.2. The lowest BCUT2D eigenvalue weighted by atomic mass is 10.1. The lowest BCUT2D eigenvalue weighted by Crippen LogP contribution is -2.46. The van der Waals surface area contributed by atoms with Crippen molar-refractivity contribution in [3.8, 4) is 0 Å². The largest absolute Gasteiger partial charge is 0.368 e. The highest BCUT2D eigenvalue weighted by atomic mass is 19.1. The Kier molecular flexibility index (Phi) is 7.16. The fraction of sp³-hybridized carbons (Fsp3) is 0.550. The van der Waals surface area contributed by atoms with Crippen molar-refractivity contribution in [1.82, 2.24) is 15.1 Å². The number of anilines is 1. The fourth-order valence-corrected chi connectivity index (χ4v) is 3.64. The molecule has 158 valence electrons. The van der Waals surface area contributed by atoms with E-state index in [1.807, 2.05) is 0 Å². The number of hydrogen-bond acceptors (Lipinski definition) is 6. The average molecular weight is 404 g/mol. The first-order chi connectivity index (χ1) is 14.0. The summed E-state index contributed by atoms with van der Waals surface area (Å²) >= 11 is 0. The van der Waals surface area contributed by atoms with Crippen LogP contribution in [0, 0.1) is 5.82 Å². The summed E-state index contributed by atoms with van der Waals surface area (Å²) in [5, 5.41) is 8.55. The number of nitrogens with one attached hydrogen (secondary N) is 1. The van der Waals surface area contributed by atoms with Gasteiger partial charge in [-0.3, -0.25) is 14.6 Å². The Hall–Kier alpha value is -2.52. The Morgan fingerprint density at radius 1 is 1.17 bits per heavy atom. The van der Waals surface area contributed by atoms with E-state index in [-0.39, 0.29) is 23.9 Å². The van der Waals surface area contributed by atoms with Crippen molar-refractivity contribution < 1.29 is 14.0 Å². The smallest absolute Gasteiger partial charge is 0.267 e. The van der Waals surface area contributed by atoms with E-state index in [0.29, 0.717) is 12.2 Å². The van der Waals surface area contributed by atoms with Crippen molar-refractivity contribution in [2.75, 3.05) is 50.8 Å². The number of amides is 2. The van der Waals surface area contributed by atoms with Crippen LogP contribution in [0.1, 0.15) is 19.8 Å². The van der Waals surface area contributed by atoms with Gasteiger partial charge in [0.1, 0.15) is 17.6 Å². The number of hydrogen-bond donors (Lipinski definition) is 2. The predicted octanol–water partition coefficient (Wildman–Crippen LogP) is 0.390. The number of likely N-dealkylation sites (N-methyl/N-ethyl adjacent to an activating group) is 1. The van der Waals surface area contributed by atoms with E-state index < -0.39 is 11.9 Å². The molecule has 0 bridgehead atoms. The number of piperazine rings is 1. The Morgan fingerprint density at radius 3 is 2.45 bits per heavy atom. The van der Waals surface area contributed by atoms with Crippen LogP contribution >= 0.6 is 0 Å². The molecule has 2 amide bonds. The molecule has 0 saturated carbocycles. The molecule has 3 rings (SSSR count). The van der Waals surface area contributed by atoms with Gasteiger partial charge in [0.2, 0.25) is 5.91 Å². The molecule has 1 atom stereocenters. The van der Waals surface area contributed by atoms with Crippen LogP contribution in [-0.2, 0) is 9.59 Å². The topological polar surface area (TPSA) is 94.3 Å². The lowest BCUT2D eigenvalue weighted by molar-refractivity contribution is -0.119. The van der Waals surface area contributed by atoms with E-state index in [1.165, 1.54) is 29.3 Å². The number of nitrogens with two attached hydrogens (primary N) is 1. The minimum absolute atomic E-state index is 0.136. The Labute approximate surface area is 170 Å². The molecule has 0 aliphatic carbocycles. The molecule has 2 heterocycles. The standard InChI is InChI=1S/C20H29FN6O2/c1-2-25-10-12-26(13-11-25)9-3-8-23-20(29)17-14-18(19(22)28)27(24-17)16-6-4-15(21)5-7-16/h4-7,18H,2-3,8-14H2,1H3,(H2,22,28)(H,23,29). The fourth-order valence-electron chi connectivity index (χ4n) is 3.64. The molecule has 3 N–H and O–H groups in total. The highest BCUT2D eigenvalue weighted by Gasteiger charge is 2.34. The van der Waals surface area contributed by atoms with Crippen LogP contribution in [0.2, 0.25) is 0 Å². The zero-order chi connectivity index (χ0) is 20.8. The molecule has 1 aromatic carbocycles. The van der Waals surface area contributed by atoms with Crippen LogP contribution in [0.3, 0.4) is 0 Å². The number of carbonyl (C=O) groups is 2. The van der Waals surface area contributed by atoms with Gasteiger partial charge in [-0.2, -0.15) is 5.10 Å². The van der Waals surface area contributed by atoms with Crippen LogP contribution in [0.15, 0.2) is 29.4 Å². The molecule has 2 aliphatic rings. The first-order valence-corrected chi connectivity index (χ1v) is 10.1. The molecule has 1 saturated heterocycles. The SMILES string of the molecule is CCN1CCN(CCCNC(=O)C2=NN(c3ccc(F)cc3)C(C(N)=O)C2)CC1. The molecule has 29 heavy (non-hydrogen) atoms. The van der Waals surface area contributed by atoms with Gasteiger partial charge in [-0.1, -0.05) is 6.92 Å². The molecule has 2 aliphatic heterocycles.